The summed E-state index contributed by atoms with van der Waals surface area (Å²) in [5, 5.41) is 13.8. The van der Waals surface area contributed by atoms with Crippen molar-refractivity contribution in [3.63, 3.8) is 0 Å². The quantitative estimate of drug-likeness (QED) is 0.601. The minimum Gasteiger partial charge on any atom is -0.324 e. The van der Waals surface area contributed by atoms with Crippen molar-refractivity contribution in [2.75, 3.05) is 18.9 Å². The van der Waals surface area contributed by atoms with Crippen molar-refractivity contribution in [1.29, 1.82) is 0 Å². The zero-order valence-corrected chi connectivity index (χ0v) is 16.3. The number of nitrogens with zero attached hydrogens (tertiary/aromatic N) is 2. The molecule has 0 spiro atoms. The van der Waals surface area contributed by atoms with Gasteiger partial charge in [-0.05, 0) is 38.0 Å². The summed E-state index contributed by atoms with van der Waals surface area (Å²) in [5.41, 5.74) is 2.88. The van der Waals surface area contributed by atoms with Gasteiger partial charge in [0.2, 0.25) is 15.9 Å². The van der Waals surface area contributed by atoms with Crippen LogP contribution >= 0.6 is 0 Å². The van der Waals surface area contributed by atoms with Crippen molar-refractivity contribution in [1.82, 2.24) is 4.31 Å². The first-order valence-electron chi connectivity index (χ1n) is 8.11. The maximum Gasteiger partial charge on any atom is 0.289 e. The molecule has 1 N–H and O–H groups in total. The average Bonchev–Trinajstić information content (AvgIpc) is 2.57. The highest BCUT2D eigenvalue weighted by Crippen LogP contribution is 2.26. The summed E-state index contributed by atoms with van der Waals surface area (Å²) in [4.78, 5) is 22.2. The molecule has 0 aromatic heterocycles. The Labute approximate surface area is 158 Å². The lowest BCUT2D eigenvalue weighted by Gasteiger charge is -2.18. The first-order valence-corrected chi connectivity index (χ1v) is 9.55. The number of nitrogens with one attached hydrogen (secondary N) is 1. The smallest absolute Gasteiger partial charge is 0.289 e. The van der Waals surface area contributed by atoms with Crippen LogP contribution in [0.5, 0.6) is 0 Å². The topological polar surface area (TPSA) is 110 Å². The Morgan fingerprint density at radius 1 is 1.15 bits per heavy atom. The molecule has 0 fully saturated rings. The number of carbonyl (C=O) groups excluding carboxylic acids is 1. The number of hydrogen-bond acceptors (Lipinski definition) is 5. The maximum absolute atomic E-state index is 12.7. The Hall–Kier alpha value is -2.78. The van der Waals surface area contributed by atoms with Crippen molar-refractivity contribution < 1.29 is 18.1 Å². The van der Waals surface area contributed by atoms with Crippen LogP contribution in [0.1, 0.15) is 16.7 Å². The van der Waals surface area contributed by atoms with Crippen molar-refractivity contribution in [2.45, 2.75) is 25.7 Å². The summed E-state index contributed by atoms with van der Waals surface area (Å²) in [6.45, 7) is 5.17. The second kappa shape index (κ2) is 7.85. The molecule has 0 saturated heterocycles. The number of benzene rings is 2. The van der Waals surface area contributed by atoms with E-state index in [2.05, 4.69) is 5.32 Å². The molecule has 0 saturated carbocycles. The van der Waals surface area contributed by atoms with Crippen LogP contribution in [0.3, 0.4) is 0 Å². The van der Waals surface area contributed by atoms with Crippen molar-refractivity contribution in [3.05, 3.63) is 63.2 Å². The normalized spacial score (nSPS) is 11.4. The Kier molecular flexibility index (Phi) is 5.97. The number of likely N-dealkylation sites (N-methyl/N-ethyl adjacent to an activating group) is 1. The van der Waals surface area contributed by atoms with Gasteiger partial charge in [0.05, 0.1) is 11.5 Å². The predicted molar refractivity (Wildman–Crippen MR) is 102 cm³/mol. The van der Waals surface area contributed by atoms with Crippen LogP contribution in [-0.4, -0.2) is 37.1 Å². The SMILES string of the molecule is Cc1cc(C)c(NC(=O)CN(C)S(=O)(=O)c2ccccc2[N+](=O)[O-])c(C)c1. The van der Waals surface area contributed by atoms with Gasteiger partial charge in [0.15, 0.2) is 4.90 Å². The first-order chi connectivity index (χ1) is 12.5. The van der Waals surface area contributed by atoms with Crippen molar-refractivity contribution in [2.24, 2.45) is 0 Å². The molecule has 8 nitrogen and oxygen atoms in total. The zero-order valence-electron chi connectivity index (χ0n) is 15.5. The van der Waals surface area contributed by atoms with E-state index >= 15 is 0 Å². The van der Waals surface area contributed by atoms with Crippen LogP contribution < -0.4 is 5.32 Å². The van der Waals surface area contributed by atoms with Gasteiger partial charge in [-0.3, -0.25) is 14.9 Å². The molecule has 0 radical (unpaired) electrons. The number of aryl methyl sites for hydroxylation is 3. The van der Waals surface area contributed by atoms with Crippen LogP contribution in [0.25, 0.3) is 0 Å². The molecule has 27 heavy (non-hydrogen) atoms. The van der Waals surface area contributed by atoms with Gasteiger partial charge >= 0.3 is 0 Å². The van der Waals surface area contributed by atoms with Gasteiger partial charge in [-0.2, -0.15) is 4.31 Å². The second-order valence-electron chi connectivity index (χ2n) is 6.31. The third-order valence-electron chi connectivity index (χ3n) is 4.06. The molecule has 2 aromatic carbocycles. The van der Waals surface area contributed by atoms with Crippen molar-refractivity contribution >= 4 is 27.3 Å². The molecular weight excluding hydrogens is 370 g/mol. The van der Waals surface area contributed by atoms with E-state index in [0.29, 0.717) is 5.69 Å². The van der Waals surface area contributed by atoms with Gasteiger partial charge in [-0.1, -0.05) is 29.8 Å². The minimum atomic E-state index is -4.20. The summed E-state index contributed by atoms with van der Waals surface area (Å²) >= 11 is 0. The average molecular weight is 391 g/mol. The monoisotopic (exact) mass is 391 g/mol. The third-order valence-corrected chi connectivity index (χ3v) is 5.91. The second-order valence-corrected chi connectivity index (χ2v) is 8.32. The van der Waals surface area contributed by atoms with E-state index in [-0.39, 0.29) is 0 Å². The lowest BCUT2D eigenvalue weighted by Crippen LogP contribution is -2.35. The fourth-order valence-corrected chi connectivity index (χ4v) is 4.12. The van der Waals surface area contributed by atoms with E-state index in [4.69, 9.17) is 0 Å². The lowest BCUT2D eigenvalue weighted by molar-refractivity contribution is -0.387. The molecule has 0 heterocycles. The highest BCUT2D eigenvalue weighted by Gasteiger charge is 2.30. The Morgan fingerprint density at radius 2 is 1.70 bits per heavy atom. The van der Waals surface area contributed by atoms with Gasteiger partial charge in [-0.15, -0.1) is 0 Å². The van der Waals surface area contributed by atoms with E-state index in [1.165, 1.54) is 19.2 Å². The van der Waals surface area contributed by atoms with E-state index in [9.17, 15) is 23.3 Å². The third kappa shape index (κ3) is 4.50. The fraction of sp³-hybridized carbons (Fsp3) is 0.278. The van der Waals surface area contributed by atoms with Crippen LogP contribution in [0.2, 0.25) is 0 Å². The Morgan fingerprint density at radius 3 is 2.26 bits per heavy atom. The first kappa shape index (κ1) is 20.5. The predicted octanol–water partition coefficient (Wildman–Crippen LogP) is 2.78. The number of carbonyl (C=O) groups is 1. The fourth-order valence-electron chi connectivity index (χ4n) is 2.84. The number of nitro benzene ring substituents is 1. The molecule has 144 valence electrons. The summed E-state index contributed by atoms with van der Waals surface area (Å²) in [6, 6.07) is 8.86. The standard InChI is InChI=1S/C18H21N3O5S/c1-12-9-13(2)18(14(3)10-12)19-17(22)11-20(4)27(25,26)16-8-6-5-7-15(16)21(23)24/h5-10H,11H2,1-4H3,(H,19,22). The molecule has 2 rings (SSSR count). The van der Waals surface area contributed by atoms with Gasteiger partial charge in [0.25, 0.3) is 5.69 Å². The molecule has 9 heteroatoms. The largest absolute Gasteiger partial charge is 0.324 e. The van der Waals surface area contributed by atoms with Crippen LogP contribution in [0.4, 0.5) is 11.4 Å². The number of nitro groups is 1. The summed E-state index contributed by atoms with van der Waals surface area (Å²) in [6.07, 6.45) is 0. The molecule has 0 bridgehead atoms. The van der Waals surface area contributed by atoms with Gasteiger partial charge in [-0.25, -0.2) is 8.42 Å². The van der Waals surface area contributed by atoms with Gasteiger partial charge < -0.3 is 5.32 Å². The summed E-state index contributed by atoms with van der Waals surface area (Å²) in [5.74, 6) is -0.533. The Balaban J connectivity index is 2.23. The number of hydrogen-bond donors (Lipinski definition) is 1. The summed E-state index contributed by atoms with van der Waals surface area (Å²) in [7, 11) is -2.99. The number of para-hydroxylation sites is 1. The molecular formula is C18H21N3O5S. The number of sulfonamides is 1. The molecule has 0 aliphatic rings. The van der Waals surface area contributed by atoms with E-state index in [1.807, 2.05) is 32.9 Å². The highest BCUT2D eigenvalue weighted by molar-refractivity contribution is 7.89. The number of rotatable bonds is 6. The minimum absolute atomic E-state index is 0.451. The number of anilines is 1. The molecule has 1 amide bonds. The number of amides is 1. The van der Waals surface area contributed by atoms with Crippen molar-refractivity contribution in [3.8, 4) is 0 Å². The van der Waals surface area contributed by atoms with Crippen LogP contribution in [0.15, 0.2) is 41.3 Å². The van der Waals surface area contributed by atoms with Gasteiger partial charge in [0, 0.05) is 18.8 Å². The molecule has 2 aromatic rings. The van der Waals surface area contributed by atoms with Crippen LogP contribution in [-0.2, 0) is 14.8 Å². The maximum atomic E-state index is 12.7. The highest BCUT2D eigenvalue weighted by atomic mass is 32.2. The van der Waals surface area contributed by atoms with E-state index in [0.717, 1.165) is 33.1 Å². The molecule has 0 aliphatic carbocycles. The molecule has 0 atom stereocenters. The lowest BCUT2D eigenvalue weighted by atomic mass is 10.1. The summed E-state index contributed by atoms with van der Waals surface area (Å²) < 4.78 is 26.1. The van der Waals surface area contributed by atoms with Gasteiger partial charge in [0.1, 0.15) is 0 Å². The zero-order chi connectivity index (χ0) is 20.4. The van der Waals surface area contributed by atoms with E-state index < -0.39 is 38.0 Å². The molecule has 0 aliphatic heterocycles. The van der Waals surface area contributed by atoms with E-state index in [1.54, 1.807) is 0 Å². The van der Waals surface area contributed by atoms with Crippen LogP contribution in [0, 0.1) is 30.9 Å². The molecule has 0 unspecified atom stereocenters. The Bertz CT molecular complexity index is 979.